The quantitative estimate of drug-likeness (QED) is 0.888. The minimum Gasteiger partial charge on any atom is -0.331 e. The van der Waals surface area contributed by atoms with Gasteiger partial charge in [-0.15, -0.1) is 0 Å². The monoisotopic (exact) mass is 303 g/mol. The summed E-state index contributed by atoms with van der Waals surface area (Å²) in [5.74, 6) is 4.62. The average Bonchev–Trinajstić information content (AvgIpc) is 3.13. The van der Waals surface area contributed by atoms with Crippen LogP contribution in [0.25, 0.3) is 11.0 Å². The van der Waals surface area contributed by atoms with Gasteiger partial charge in [-0.25, -0.2) is 4.98 Å². The molecule has 0 bridgehead atoms. The lowest BCUT2D eigenvalue weighted by molar-refractivity contribution is 0.373. The largest absolute Gasteiger partial charge is 0.331 e. The first-order chi connectivity index (χ1) is 10.3. The zero-order valence-electron chi connectivity index (χ0n) is 13.0. The Hall–Kier alpha value is -1.000. The van der Waals surface area contributed by atoms with Gasteiger partial charge in [0.2, 0.25) is 0 Å². The van der Waals surface area contributed by atoms with Gasteiger partial charge >= 0.3 is 0 Å². The van der Waals surface area contributed by atoms with E-state index in [2.05, 4.69) is 59.9 Å². The molecular weight excluding hydrogens is 278 g/mol. The number of aryl methyl sites for hydroxylation is 1. The van der Waals surface area contributed by atoms with Crippen LogP contribution in [-0.2, 0) is 13.5 Å². The summed E-state index contributed by atoms with van der Waals surface area (Å²) in [6.07, 6.45) is 3.57. The number of rotatable bonds is 6. The standard InChI is InChI=1S/C17H25N3S/c1-3-9-18-15(13-8-10-21-12-13)11-17-19-14-6-4-5-7-16(14)20(17)2/h4-7,13,15,18H,3,8-12H2,1-2H3. The maximum Gasteiger partial charge on any atom is 0.111 e. The predicted molar refractivity (Wildman–Crippen MR) is 91.9 cm³/mol. The highest BCUT2D eigenvalue weighted by atomic mass is 32.2. The minimum atomic E-state index is 0.565. The molecular formula is C17H25N3S. The minimum absolute atomic E-state index is 0.565. The van der Waals surface area contributed by atoms with E-state index in [1.807, 2.05) is 0 Å². The second kappa shape index (κ2) is 6.84. The van der Waals surface area contributed by atoms with Crippen LogP contribution >= 0.6 is 11.8 Å². The molecule has 2 atom stereocenters. The molecule has 1 aromatic carbocycles. The topological polar surface area (TPSA) is 29.9 Å². The number of imidazole rings is 1. The van der Waals surface area contributed by atoms with Crippen molar-refractivity contribution in [1.29, 1.82) is 0 Å². The summed E-state index contributed by atoms with van der Waals surface area (Å²) in [6.45, 7) is 3.35. The van der Waals surface area contributed by atoms with E-state index in [0.29, 0.717) is 6.04 Å². The zero-order chi connectivity index (χ0) is 14.7. The van der Waals surface area contributed by atoms with Gasteiger partial charge in [0.15, 0.2) is 0 Å². The van der Waals surface area contributed by atoms with Crippen molar-refractivity contribution in [3.05, 3.63) is 30.1 Å². The van der Waals surface area contributed by atoms with Gasteiger partial charge in [-0.05, 0) is 48.9 Å². The van der Waals surface area contributed by atoms with Crippen LogP contribution in [0.15, 0.2) is 24.3 Å². The summed E-state index contributed by atoms with van der Waals surface area (Å²) in [6, 6.07) is 8.99. The molecule has 1 N–H and O–H groups in total. The summed E-state index contributed by atoms with van der Waals surface area (Å²) in [5.41, 5.74) is 2.35. The highest BCUT2D eigenvalue weighted by molar-refractivity contribution is 7.99. The van der Waals surface area contributed by atoms with Gasteiger partial charge in [0.1, 0.15) is 5.82 Å². The molecule has 0 aliphatic carbocycles. The van der Waals surface area contributed by atoms with Crippen LogP contribution in [0.5, 0.6) is 0 Å². The fraction of sp³-hybridized carbons (Fsp3) is 0.588. The van der Waals surface area contributed by atoms with Gasteiger partial charge in [-0.1, -0.05) is 19.1 Å². The summed E-state index contributed by atoms with van der Waals surface area (Å²) in [5, 5.41) is 3.76. The molecule has 2 unspecified atom stereocenters. The first kappa shape index (κ1) is 14.9. The van der Waals surface area contributed by atoms with Crippen molar-refractivity contribution >= 4 is 22.8 Å². The van der Waals surface area contributed by atoms with Crippen molar-refractivity contribution in [3.63, 3.8) is 0 Å². The first-order valence-electron chi connectivity index (χ1n) is 8.01. The molecule has 1 fully saturated rings. The molecule has 2 heterocycles. The molecule has 114 valence electrons. The van der Waals surface area contributed by atoms with E-state index in [4.69, 9.17) is 4.98 Å². The van der Waals surface area contributed by atoms with Crippen molar-refractivity contribution in [2.75, 3.05) is 18.1 Å². The number of nitrogens with one attached hydrogen (secondary N) is 1. The van der Waals surface area contributed by atoms with E-state index in [-0.39, 0.29) is 0 Å². The van der Waals surface area contributed by atoms with Crippen molar-refractivity contribution < 1.29 is 0 Å². The highest BCUT2D eigenvalue weighted by Crippen LogP contribution is 2.28. The van der Waals surface area contributed by atoms with E-state index >= 15 is 0 Å². The maximum absolute atomic E-state index is 4.85. The number of thioether (sulfide) groups is 1. The number of aromatic nitrogens is 2. The van der Waals surface area contributed by atoms with Crippen molar-refractivity contribution in [2.24, 2.45) is 13.0 Å². The van der Waals surface area contributed by atoms with Crippen LogP contribution in [0, 0.1) is 5.92 Å². The maximum atomic E-state index is 4.85. The molecule has 1 aromatic heterocycles. The van der Waals surface area contributed by atoms with Gasteiger partial charge in [0.05, 0.1) is 11.0 Å². The van der Waals surface area contributed by atoms with Gasteiger partial charge in [-0.2, -0.15) is 11.8 Å². The van der Waals surface area contributed by atoms with Gasteiger partial charge in [-0.3, -0.25) is 0 Å². The molecule has 1 saturated heterocycles. The molecule has 0 spiro atoms. The third kappa shape index (κ3) is 3.27. The van der Waals surface area contributed by atoms with E-state index in [0.717, 1.165) is 24.4 Å². The van der Waals surface area contributed by atoms with Crippen LogP contribution in [0.3, 0.4) is 0 Å². The molecule has 0 saturated carbocycles. The smallest absolute Gasteiger partial charge is 0.111 e. The first-order valence-corrected chi connectivity index (χ1v) is 9.16. The van der Waals surface area contributed by atoms with E-state index in [1.165, 1.54) is 35.7 Å². The van der Waals surface area contributed by atoms with Crippen LogP contribution in [0.1, 0.15) is 25.6 Å². The predicted octanol–water partition coefficient (Wildman–Crippen LogP) is 3.24. The zero-order valence-corrected chi connectivity index (χ0v) is 13.8. The summed E-state index contributed by atoms with van der Waals surface area (Å²) in [7, 11) is 2.14. The Morgan fingerprint density at radius 3 is 3.00 bits per heavy atom. The number of fused-ring (bicyclic) bond motifs is 1. The Bertz CT molecular complexity index is 587. The van der Waals surface area contributed by atoms with Gasteiger partial charge < -0.3 is 9.88 Å². The Balaban J connectivity index is 1.81. The molecule has 4 heteroatoms. The van der Waals surface area contributed by atoms with Crippen LogP contribution < -0.4 is 5.32 Å². The molecule has 21 heavy (non-hydrogen) atoms. The van der Waals surface area contributed by atoms with E-state index < -0.39 is 0 Å². The molecule has 0 radical (unpaired) electrons. The van der Waals surface area contributed by atoms with Crippen molar-refractivity contribution in [1.82, 2.24) is 14.9 Å². The number of hydrogen-bond donors (Lipinski definition) is 1. The lowest BCUT2D eigenvalue weighted by atomic mass is 9.96. The van der Waals surface area contributed by atoms with Crippen LogP contribution in [0.4, 0.5) is 0 Å². The van der Waals surface area contributed by atoms with Crippen LogP contribution in [-0.4, -0.2) is 33.6 Å². The summed E-state index contributed by atoms with van der Waals surface area (Å²) >= 11 is 2.10. The van der Waals surface area contributed by atoms with Crippen molar-refractivity contribution in [2.45, 2.75) is 32.2 Å². The van der Waals surface area contributed by atoms with Gasteiger partial charge in [0, 0.05) is 19.5 Å². The summed E-state index contributed by atoms with van der Waals surface area (Å²) < 4.78 is 2.26. The fourth-order valence-corrected chi connectivity index (χ4v) is 4.52. The Morgan fingerprint density at radius 2 is 2.29 bits per heavy atom. The Labute approximate surface area is 131 Å². The molecule has 3 nitrogen and oxygen atoms in total. The molecule has 1 aliphatic heterocycles. The van der Waals surface area contributed by atoms with E-state index in [9.17, 15) is 0 Å². The van der Waals surface area contributed by atoms with Gasteiger partial charge in [0.25, 0.3) is 0 Å². The van der Waals surface area contributed by atoms with E-state index in [1.54, 1.807) is 0 Å². The Kier molecular flexibility index (Phi) is 4.86. The second-order valence-electron chi connectivity index (χ2n) is 5.96. The third-order valence-electron chi connectivity index (χ3n) is 4.47. The molecule has 3 rings (SSSR count). The molecule has 0 amide bonds. The number of nitrogens with zero attached hydrogens (tertiary/aromatic N) is 2. The lowest BCUT2D eigenvalue weighted by Gasteiger charge is -2.24. The summed E-state index contributed by atoms with van der Waals surface area (Å²) in [4.78, 5) is 4.85. The fourth-order valence-electron chi connectivity index (χ4n) is 3.18. The SMILES string of the molecule is CCCNC(Cc1nc2ccccc2n1C)C1CCSC1. The molecule has 1 aliphatic rings. The van der Waals surface area contributed by atoms with Crippen molar-refractivity contribution in [3.8, 4) is 0 Å². The average molecular weight is 303 g/mol. The van der Waals surface area contributed by atoms with Crippen LogP contribution in [0.2, 0.25) is 0 Å². The number of hydrogen-bond acceptors (Lipinski definition) is 3. The third-order valence-corrected chi connectivity index (χ3v) is 5.66. The number of benzene rings is 1. The highest BCUT2D eigenvalue weighted by Gasteiger charge is 2.26. The number of para-hydroxylation sites is 2. The Morgan fingerprint density at radius 1 is 1.43 bits per heavy atom. The molecule has 2 aromatic rings. The second-order valence-corrected chi connectivity index (χ2v) is 7.11. The lowest BCUT2D eigenvalue weighted by Crippen LogP contribution is -2.39. The normalized spacial score (nSPS) is 20.2.